The molecule has 0 aliphatic carbocycles. The highest BCUT2D eigenvalue weighted by molar-refractivity contribution is 9.10. The third kappa shape index (κ3) is 4.03. The van der Waals surface area contributed by atoms with Gasteiger partial charge >= 0.3 is 0 Å². The molecule has 1 aromatic rings. The fourth-order valence-corrected chi connectivity index (χ4v) is 2.13. The van der Waals surface area contributed by atoms with Crippen molar-refractivity contribution in [1.82, 2.24) is 0 Å². The van der Waals surface area contributed by atoms with E-state index in [0.29, 0.717) is 11.3 Å². The quantitative estimate of drug-likeness (QED) is 0.743. The Morgan fingerprint density at radius 2 is 2.00 bits per heavy atom. The second-order valence-electron chi connectivity index (χ2n) is 4.75. The summed E-state index contributed by atoms with van der Waals surface area (Å²) < 4.78 is 19.0. The summed E-state index contributed by atoms with van der Waals surface area (Å²) >= 11 is 3.32. The summed E-state index contributed by atoms with van der Waals surface area (Å²) in [6.45, 7) is 10.2. The van der Waals surface area contributed by atoms with E-state index < -0.39 is 0 Å². The molecule has 0 amide bonds. The van der Waals surface area contributed by atoms with Gasteiger partial charge in [-0.15, -0.1) is 0 Å². The number of hydrogen-bond donors (Lipinski definition) is 0. The van der Waals surface area contributed by atoms with Gasteiger partial charge in [0.2, 0.25) is 0 Å². The topological polar surface area (TPSA) is 12.4 Å². The third-order valence-corrected chi connectivity index (χ3v) is 5.13. The molecule has 0 heterocycles. The van der Waals surface area contributed by atoms with Crippen molar-refractivity contribution in [1.29, 1.82) is 0 Å². The van der Waals surface area contributed by atoms with Crippen molar-refractivity contribution >= 4 is 32.3 Å². The number of hydrogen-bond acceptors (Lipinski definition) is 1. The van der Waals surface area contributed by atoms with Gasteiger partial charge in [-0.3, -0.25) is 0 Å². The molecule has 0 aliphatic rings. The zero-order chi connectivity index (χ0) is 13.2. The Morgan fingerprint density at radius 3 is 2.53 bits per heavy atom. The number of rotatable bonds is 2. The average molecular weight is 318 g/mol. The first-order chi connectivity index (χ1) is 7.71. The molecule has 1 nitrogen and oxygen atoms in total. The van der Waals surface area contributed by atoms with Gasteiger partial charge in [-0.05, 0) is 24.5 Å². The van der Waals surface area contributed by atoms with Gasteiger partial charge in [0.15, 0.2) is 0 Å². The Bertz CT molecular complexity index is 475. The molecule has 0 saturated carbocycles. The molecule has 1 aromatic carbocycles. The van der Waals surface area contributed by atoms with E-state index >= 15 is 0 Å². The minimum absolute atomic E-state index is 0.0748. The Hall–Kier alpha value is -0.480. The van der Waals surface area contributed by atoms with Crippen LogP contribution >= 0.6 is 15.9 Å². The van der Waals surface area contributed by atoms with Gasteiger partial charge < -0.3 is 0 Å². The molecule has 0 spiro atoms. The monoisotopic (exact) mass is 317 g/mol. The molecule has 0 bridgehead atoms. The van der Waals surface area contributed by atoms with Gasteiger partial charge in [0, 0.05) is 14.8 Å². The number of nitrogens with zero attached hydrogens (tertiary/aromatic N) is 1. The smallest absolute Gasteiger partial charge is 0.132 e. The van der Waals surface area contributed by atoms with E-state index in [1.807, 2.05) is 6.26 Å². The summed E-state index contributed by atoms with van der Waals surface area (Å²) in [5, 5.41) is 0. The van der Waals surface area contributed by atoms with Crippen molar-refractivity contribution in [2.75, 3.05) is 6.26 Å². The molecular formula is C13H17BrFNS. The minimum Gasteiger partial charge on any atom is -0.228 e. The Balaban J connectivity index is 3.10. The van der Waals surface area contributed by atoms with Crippen LogP contribution in [-0.4, -0.2) is 11.0 Å². The van der Waals surface area contributed by atoms with E-state index in [4.69, 9.17) is 0 Å². The number of halogens is 2. The van der Waals surface area contributed by atoms with Crippen LogP contribution in [0.15, 0.2) is 33.6 Å². The van der Waals surface area contributed by atoms with E-state index in [1.54, 1.807) is 12.1 Å². The van der Waals surface area contributed by atoms with Crippen molar-refractivity contribution < 1.29 is 4.39 Å². The second-order valence-corrected chi connectivity index (χ2v) is 8.03. The molecule has 0 aromatic heterocycles. The molecule has 0 fully saturated rings. The Kier molecular flexibility index (Phi) is 4.67. The van der Waals surface area contributed by atoms with E-state index in [9.17, 15) is 4.39 Å². The standard InChI is InChI=1S/C13H17BrFNS/c1-9(16-17(5)13(2,3)4)11-8-10(14)6-7-12(11)15/h6-8H,1H2,2-5H3. The molecule has 4 heteroatoms. The first-order valence-corrected chi connectivity index (χ1v) is 7.62. The molecule has 0 aliphatic heterocycles. The van der Waals surface area contributed by atoms with Crippen LogP contribution in [0.2, 0.25) is 0 Å². The first-order valence-electron chi connectivity index (χ1n) is 5.24. The van der Waals surface area contributed by atoms with E-state index in [0.717, 1.165) is 4.47 Å². The molecule has 0 N–H and O–H groups in total. The lowest BCUT2D eigenvalue weighted by atomic mass is 10.2. The summed E-state index contributed by atoms with van der Waals surface area (Å²) in [4.78, 5) is 0. The van der Waals surface area contributed by atoms with Gasteiger partial charge in [-0.25, -0.2) is 8.75 Å². The first kappa shape index (κ1) is 14.6. The van der Waals surface area contributed by atoms with Crippen LogP contribution in [0.3, 0.4) is 0 Å². The summed E-state index contributed by atoms with van der Waals surface area (Å²) in [6, 6.07) is 4.80. The van der Waals surface area contributed by atoms with Crippen LogP contribution in [0.4, 0.5) is 4.39 Å². The molecule has 94 valence electrons. The lowest BCUT2D eigenvalue weighted by Crippen LogP contribution is -2.20. The maximum atomic E-state index is 13.6. The average Bonchev–Trinajstić information content (AvgIpc) is 2.20. The van der Waals surface area contributed by atoms with Crippen LogP contribution in [0.25, 0.3) is 5.70 Å². The zero-order valence-electron chi connectivity index (χ0n) is 10.6. The van der Waals surface area contributed by atoms with E-state index in [-0.39, 0.29) is 21.3 Å². The fourth-order valence-electron chi connectivity index (χ4n) is 1.07. The summed E-state index contributed by atoms with van der Waals surface area (Å²) in [5.41, 5.74) is 0.965. The lowest BCUT2D eigenvalue weighted by molar-refractivity contribution is 0.623. The van der Waals surface area contributed by atoms with Crippen LogP contribution in [-0.2, 0) is 10.7 Å². The molecule has 17 heavy (non-hydrogen) atoms. The Labute approximate surface area is 113 Å². The maximum Gasteiger partial charge on any atom is 0.132 e. The van der Waals surface area contributed by atoms with Crippen LogP contribution < -0.4 is 0 Å². The highest BCUT2D eigenvalue weighted by Crippen LogP contribution is 2.24. The minimum atomic E-state index is -0.284. The van der Waals surface area contributed by atoms with Gasteiger partial charge in [0.05, 0.1) is 5.70 Å². The van der Waals surface area contributed by atoms with Gasteiger partial charge in [0.1, 0.15) is 5.82 Å². The maximum absolute atomic E-state index is 13.6. The normalized spacial score (nSPS) is 13.8. The van der Waals surface area contributed by atoms with Crippen molar-refractivity contribution in [2.45, 2.75) is 25.5 Å². The van der Waals surface area contributed by atoms with Crippen molar-refractivity contribution in [2.24, 2.45) is 4.36 Å². The van der Waals surface area contributed by atoms with Crippen LogP contribution in [0.5, 0.6) is 0 Å². The third-order valence-electron chi connectivity index (χ3n) is 2.37. The summed E-state index contributed by atoms with van der Waals surface area (Å²) in [6.07, 6.45) is 2.04. The molecular weight excluding hydrogens is 301 g/mol. The fraction of sp³-hybridized carbons (Fsp3) is 0.385. The highest BCUT2D eigenvalue weighted by atomic mass is 79.9. The van der Waals surface area contributed by atoms with Crippen LogP contribution in [0.1, 0.15) is 26.3 Å². The zero-order valence-corrected chi connectivity index (χ0v) is 13.0. The van der Waals surface area contributed by atoms with E-state index in [2.05, 4.69) is 47.6 Å². The molecule has 0 radical (unpaired) electrons. The van der Waals surface area contributed by atoms with E-state index in [1.165, 1.54) is 6.07 Å². The largest absolute Gasteiger partial charge is 0.228 e. The SMILES string of the molecule is C=C(N=S(C)C(C)(C)C)c1cc(Br)ccc1F. The molecule has 0 saturated heterocycles. The van der Waals surface area contributed by atoms with Gasteiger partial charge in [-0.2, -0.15) is 0 Å². The summed E-state index contributed by atoms with van der Waals surface area (Å²) in [5.74, 6) is -0.284. The van der Waals surface area contributed by atoms with Crippen molar-refractivity contribution in [3.63, 3.8) is 0 Å². The van der Waals surface area contributed by atoms with Crippen LogP contribution in [0, 0.1) is 5.82 Å². The highest BCUT2D eigenvalue weighted by Gasteiger charge is 2.14. The Morgan fingerprint density at radius 1 is 1.41 bits per heavy atom. The predicted molar refractivity (Wildman–Crippen MR) is 78.6 cm³/mol. The van der Waals surface area contributed by atoms with Crippen molar-refractivity contribution in [3.8, 4) is 0 Å². The van der Waals surface area contributed by atoms with Gasteiger partial charge in [0.25, 0.3) is 0 Å². The number of benzene rings is 1. The predicted octanol–water partition coefficient (Wildman–Crippen LogP) is 4.79. The summed E-state index contributed by atoms with van der Waals surface area (Å²) in [7, 11) is -0.189. The molecule has 1 unspecified atom stereocenters. The van der Waals surface area contributed by atoms with Crippen molar-refractivity contribution in [3.05, 3.63) is 40.6 Å². The van der Waals surface area contributed by atoms with Gasteiger partial charge in [-0.1, -0.05) is 54.0 Å². The lowest BCUT2D eigenvalue weighted by Gasteiger charge is -2.19. The molecule has 1 atom stereocenters. The second kappa shape index (κ2) is 5.44. The molecule has 1 rings (SSSR count).